The van der Waals surface area contributed by atoms with Crippen molar-refractivity contribution in [2.75, 3.05) is 18.0 Å². The Labute approximate surface area is 109 Å². The quantitative estimate of drug-likeness (QED) is 0.893. The van der Waals surface area contributed by atoms with Crippen LogP contribution < -0.4 is 10.6 Å². The lowest BCUT2D eigenvalue weighted by atomic mass is 9.94. The summed E-state index contributed by atoms with van der Waals surface area (Å²) in [5.74, 6) is -0.171. The number of piperidine rings is 1. The van der Waals surface area contributed by atoms with Crippen molar-refractivity contribution in [3.63, 3.8) is 0 Å². The normalized spacial score (nSPS) is 17.0. The van der Waals surface area contributed by atoms with Crippen molar-refractivity contribution < 1.29 is 4.39 Å². The molecule has 18 heavy (non-hydrogen) atoms. The summed E-state index contributed by atoms with van der Waals surface area (Å²) in [5, 5.41) is 0. The minimum Gasteiger partial charge on any atom is -0.371 e. The van der Waals surface area contributed by atoms with E-state index in [1.807, 2.05) is 19.9 Å². The van der Waals surface area contributed by atoms with E-state index in [2.05, 4.69) is 4.90 Å². The minimum absolute atomic E-state index is 0.171. The fourth-order valence-corrected chi connectivity index (χ4v) is 2.63. The van der Waals surface area contributed by atoms with Crippen molar-refractivity contribution in [3.05, 3.63) is 29.6 Å². The molecule has 1 aromatic carbocycles. The Morgan fingerprint density at radius 3 is 2.50 bits per heavy atom. The average Bonchev–Trinajstić information content (AvgIpc) is 2.28. The largest absolute Gasteiger partial charge is 0.371 e. The van der Waals surface area contributed by atoms with E-state index >= 15 is 0 Å². The third kappa shape index (κ3) is 3.45. The number of nitrogens with two attached hydrogens (primary N) is 1. The molecule has 2 N–H and O–H groups in total. The van der Waals surface area contributed by atoms with Gasteiger partial charge in [0.15, 0.2) is 0 Å². The van der Waals surface area contributed by atoms with Crippen molar-refractivity contribution in [2.45, 2.75) is 45.1 Å². The Kier molecular flexibility index (Phi) is 3.91. The third-order valence-electron chi connectivity index (χ3n) is 3.38. The van der Waals surface area contributed by atoms with Crippen LogP contribution in [-0.2, 0) is 6.42 Å². The molecule has 0 saturated carbocycles. The summed E-state index contributed by atoms with van der Waals surface area (Å²) in [7, 11) is 0. The lowest BCUT2D eigenvalue weighted by Gasteiger charge is -2.32. The summed E-state index contributed by atoms with van der Waals surface area (Å²) >= 11 is 0. The standard InChI is InChI=1S/C15H23FN2/c1-15(2,17)11-12-10-13(16)6-7-14(12)18-8-4-3-5-9-18/h6-7,10H,3-5,8-9,11,17H2,1-2H3. The smallest absolute Gasteiger partial charge is 0.123 e. The maximum absolute atomic E-state index is 13.4. The van der Waals surface area contributed by atoms with Gasteiger partial charge < -0.3 is 10.6 Å². The van der Waals surface area contributed by atoms with E-state index in [-0.39, 0.29) is 11.4 Å². The predicted molar refractivity (Wildman–Crippen MR) is 74.4 cm³/mol. The first kappa shape index (κ1) is 13.3. The molecule has 1 heterocycles. The van der Waals surface area contributed by atoms with Gasteiger partial charge in [-0.2, -0.15) is 0 Å². The van der Waals surface area contributed by atoms with Crippen LogP contribution in [0.5, 0.6) is 0 Å². The highest BCUT2D eigenvalue weighted by molar-refractivity contribution is 5.54. The fourth-order valence-electron chi connectivity index (χ4n) is 2.63. The zero-order valence-corrected chi connectivity index (χ0v) is 11.4. The Morgan fingerprint density at radius 2 is 1.89 bits per heavy atom. The van der Waals surface area contributed by atoms with Crippen molar-refractivity contribution in [1.82, 2.24) is 0 Å². The lowest BCUT2D eigenvalue weighted by Crippen LogP contribution is -2.36. The fraction of sp³-hybridized carbons (Fsp3) is 0.600. The van der Waals surface area contributed by atoms with Crippen molar-refractivity contribution >= 4 is 5.69 Å². The van der Waals surface area contributed by atoms with Crippen molar-refractivity contribution in [2.24, 2.45) is 5.73 Å². The van der Waals surface area contributed by atoms with Gasteiger partial charge in [0.25, 0.3) is 0 Å². The first-order chi connectivity index (χ1) is 8.46. The van der Waals surface area contributed by atoms with Crippen LogP contribution >= 0.6 is 0 Å². The molecule has 0 radical (unpaired) electrons. The van der Waals surface area contributed by atoms with Gasteiger partial charge in [0.1, 0.15) is 5.82 Å². The Bertz CT molecular complexity index is 403. The van der Waals surface area contributed by atoms with Crippen LogP contribution in [0.3, 0.4) is 0 Å². The van der Waals surface area contributed by atoms with Gasteiger partial charge in [0.05, 0.1) is 0 Å². The summed E-state index contributed by atoms with van der Waals surface area (Å²) in [6.45, 7) is 6.11. The summed E-state index contributed by atoms with van der Waals surface area (Å²) in [5.41, 5.74) is 7.96. The molecule has 3 heteroatoms. The van der Waals surface area contributed by atoms with Crippen LogP contribution in [0, 0.1) is 5.82 Å². The molecule has 0 amide bonds. The maximum atomic E-state index is 13.4. The third-order valence-corrected chi connectivity index (χ3v) is 3.38. The number of anilines is 1. The Morgan fingerprint density at radius 1 is 1.22 bits per heavy atom. The second-order valence-corrected chi connectivity index (χ2v) is 5.99. The molecule has 1 aliphatic rings. The minimum atomic E-state index is -0.307. The van der Waals surface area contributed by atoms with E-state index in [1.165, 1.54) is 19.3 Å². The lowest BCUT2D eigenvalue weighted by molar-refractivity contribution is 0.511. The number of rotatable bonds is 3. The van der Waals surface area contributed by atoms with E-state index in [0.29, 0.717) is 6.42 Å². The van der Waals surface area contributed by atoms with Crippen LogP contribution in [0.1, 0.15) is 38.7 Å². The molecule has 0 unspecified atom stereocenters. The van der Waals surface area contributed by atoms with Gasteiger partial charge in [0.2, 0.25) is 0 Å². The Hall–Kier alpha value is -1.09. The summed E-state index contributed by atoms with van der Waals surface area (Å²) in [4.78, 5) is 2.37. The van der Waals surface area contributed by atoms with Crippen LogP contribution in [0.2, 0.25) is 0 Å². The molecule has 1 aliphatic heterocycles. The zero-order valence-electron chi connectivity index (χ0n) is 11.4. The molecule has 0 bridgehead atoms. The van der Waals surface area contributed by atoms with Crippen molar-refractivity contribution in [3.8, 4) is 0 Å². The van der Waals surface area contributed by atoms with Gasteiger partial charge in [-0.1, -0.05) is 0 Å². The van der Waals surface area contributed by atoms with Gasteiger partial charge in [-0.3, -0.25) is 0 Å². The molecule has 0 aromatic heterocycles. The van der Waals surface area contributed by atoms with E-state index in [1.54, 1.807) is 12.1 Å². The molecule has 0 aliphatic carbocycles. The number of benzene rings is 1. The average molecular weight is 250 g/mol. The number of nitrogens with zero attached hydrogens (tertiary/aromatic N) is 1. The second kappa shape index (κ2) is 5.27. The van der Waals surface area contributed by atoms with Crippen molar-refractivity contribution in [1.29, 1.82) is 0 Å². The molecule has 1 aromatic rings. The first-order valence-corrected chi connectivity index (χ1v) is 6.78. The molecular formula is C15H23FN2. The first-order valence-electron chi connectivity index (χ1n) is 6.78. The Balaban J connectivity index is 2.27. The van der Waals surface area contributed by atoms with Crippen LogP contribution in [0.25, 0.3) is 0 Å². The summed E-state index contributed by atoms with van der Waals surface area (Å²) in [6.07, 6.45) is 4.46. The zero-order chi connectivity index (χ0) is 13.2. The van der Waals surface area contributed by atoms with E-state index in [4.69, 9.17) is 5.73 Å². The van der Waals surface area contributed by atoms with E-state index < -0.39 is 0 Å². The molecule has 1 saturated heterocycles. The highest BCUT2D eigenvalue weighted by Gasteiger charge is 2.19. The molecular weight excluding hydrogens is 227 g/mol. The summed E-state index contributed by atoms with van der Waals surface area (Å²) in [6, 6.07) is 5.09. The predicted octanol–water partition coefficient (Wildman–Crippen LogP) is 3.10. The molecule has 1 fully saturated rings. The van der Waals surface area contributed by atoms with Crippen LogP contribution in [-0.4, -0.2) is 18.6 Å². The van der Waals surface area contributed by atoms with E-state index in [0.717, 1.165) is 24.3 Å². The monoisotopic (exact) mass is 250 g/mol. The molecule has 2 rings (SSSR count). The maximum Gasteiger partial charge on any atom is 0.123 e. The topological polar surface area (TPSA) is 29.3 Å². The highest BCUT2D eigenvalue weighted by atomic mass is 19.1. The molecule has 100 valence electrons. The summed E-state index contributed by atoms with van der Waals surface area (Å²) < 4.78 is 13.4. The van der Waals surface area contributed by atoms with Gasteiger partial charge >= 0.3 is 0 Å². The number of hydrogen-bond donors (Lipinski definition) is 1. The van der Waals surface area contributed by atoms with Gasteiger partial charge in [-0.25, -0.2) is 4.39 Å². The van der Waals surface area contributed by atoms with Crippen LogP contribution in [0.4, 0.5) is 10.1 Å². The van der Waals surface area contributed by atoms with Crippen LogP contribution in [0.15, 0.2) is 18.2 Å². The number of hydrogen-bond acceptors (Lipinski definition) is 2. The van der Waals surface area contributed by atoms with Gasteiger partial charge in [0, 0.05) is 24.3 Å². The molecule has 0 spiro atoms. The van der Waals surface area contributed by atoms with Gasteiger partial charge in [-0.05, 0) is 63.3 Å². The molecule has 2 nitrogen and oxygen atoms in total. The second-order valence-electron chi connectivity index (χ2n) is 5.99. The SMILES string of the molecule is CC(C)(N)Cc1cc(F)ccc1N1CCCCC1. The molecule has 0 atom stereocenters. The number of halogens is 1. The van der Waals surface area contributed by atoms with E-state index in [9.17, 15) is 4.39 Å². The van der Waals surface area contributed by atoms with Gasteiger partial charge in [-0.15, -0.1) is 0 Å². The highest BCUT2D eigenvalue weighted by Crippen LogP contribution is 2.27.